The Balaban J connectivity index is 1.65. The molecule has 172 valence electrons. The van der Waals surface area contributed by atoms with Crippen LogP contribution in [-0.2, 0) is 16.4 Å². The molecule has 9 heteroatoms. The van der Waals surface area contributed by atoms with Crippen molar-refractivity contribution in [2.24, 2.45) is 0 Å². The number of carbonyl (C=O) groups is 1. The molecule has 2 fully saturated rings. The van der Waals surface area contributed by atoms with Gasteiger partial charge in [0.25, 0.3) is 0 Å². The van der Waals surface area contributed by atoms with E-state index >= 15 is 4.39 Å². The normalized spacial score (nSPS) is 21.0. The molecule has 6 nitrogen and oxygen atoms in total. The minimum Gasteiger partial charge on any atom is -0.325 e. The van der Waals surface area contributed by atoms with E-state index in [1.165, 1.54) is 18.2 Å². The molecule has 2 atom stereocenters. The van der Waals surface area contributed by atoms with E-state index in [-0.39, 0.29) is 23.8 Å². The van der Waals surface area contributed by atoms with Crippen LogP contribution in [0.4, 0.5) is 13.6 Å². The van der Waals surface area contributed by atoms with Crippen LogP contribution in [0.1, 0.15) is 25.3 Å². The van der Waals surface area contributed by atoms with Crippen molar-refractivity contribution >= 4 is 16.1 Å². The second-order valence-corrected chi connectivity index (χ2v) is 10.3. The van der Waals surface area contributed by atoms with Crippen molar-refractivity contribution in [2.75, 3.05) is 25.4 Å². The molecule has 2 aliphatic heterocycles. The van der Waals surface area contributed by atoms with Crippen LogP contribution in [0.5, 0.6) is 0 Å². The number of carbonyl (C=O) groups excluding carboxylic acids is 1. The van der Waals surface area contributed by atoms with Crippen LogP contribution in [0, 0.1) is 11.6 Å². The van der Waals surface area contributed by atoms with Gasteiger partial charge in [0.15, 0.2) is 0 Å². The first-order valence-electron chi connectivity index (χ1n) is 10.9. The molecular weight excluding hydrogens is 436 g/mol. The van der Waals surface area contributed by atoms with Gasteiger partial charge in [-0.25, -0.2) is 26.7 Å². The summed E-state index contributed by atoms with van der Waals surface area (Å²) in [6.07, 6.45) is 1.57. The molecular formula is C23H27F2N3O3S. The first-order chi connectivity index (χ1) is 15.3. The van der Waals surface area contributed by atoms with E-state index in [1.807, 2.05) is 0 Å². The number of halogens is 2. The Hall–Kier alpha value is -2.52. The van der Waals surface area contributed by atoms with Crippen LogP contribution in [0.25, 0.3) is 11.1 Å². The van der Waals surface area contributed by atoms with Gasteiger partial charge in [-0.05, 0) is 49.4 Å². The van der Waals surface area contributed by atoms with E-state index in [0.717, 1.165) is 6.42 Å². The molecule has 32 heavy (non-hydrogen) atoms. The van der Waals surface area contributed by atoms with Gasteiger partial charge in [0.2, 0.25) is 10.0 Å². The lowest BCUT2D eigenvalue weighted by molar-refractivity contribution is 0.120. The highest BCUT2D eigenvalue weighted by atomic mass is 32.2. The Morgan fingerprint density at radius 3 is 2.53 bits per heavy atom. The molecule has 1 N–H and O–H groups in total. The summed E-state index contributed by atoms with van der Waals surface area (Å²) in [5.74, 6) is -1.01. The van der Waals surface area contributed by atoms with Crippen LogP contribution < -0.4 is 4.72 Å². The number of hydrogen-bond donors (Lipinski definition) is 1. The Morgan fingerprint density at radius 2 is 1.88 bits per heavy atom. The number of rotatable bonds is 6. The predicted octanol–water partition coefficient (Wildman–Crippen LogP) is 3.38. The van der Waals surface area contributed by atoms with Crippen molar-refractivity contribution in [3.8, 4) is 11.1 Å². The third-order valence-corrected chi connectivity index (χ3v) is 7.69. The molecule has 2 aromatic rings. The average molecular weight is 464 g/mol. The largest absolute Gasteiger partial charge is 0.325 e. The number of sulfonamides is 1. The van der Waals surface area contributed by atoms with Gasteiger partial charge in [-0.15, -0.1) is 0 Å². The van der Waals surface area contributed by atoms with Crippen LogP contribution in [0.3, 0.4) is 0 Å². The summed E-state index contributed by atoms with van der Waals surface area (Å²) in [6.45, 7) is 3.31. The third kappa shape index (κ3) is 4.63. The Labute approximate surface area is 187 Å². The predicted molar refractivity (Wildman–Crippen MR) is 119 cm³/mol. The van der Waals surface area contributed by atoms with Gasteiger partial charge in [0.1, 0.15) is 11.6 Å². The van der Waals surface area contributed by atoms with Gasteiger partial charge in [0, 0.05) is 31.2 Å². The lowest BCUT2D eigenvalue weighted by Gasteiger charge is -2.38. The molecule has 2 aromatic carbocycles. The lowest BCUT2D eigenvalue weighted by atomic mass is 9.96. The van der Waals surface area contributed by atoms with Gasteiger partial charge >= 0.3 is 6.03 Å². The lowest BCUT2D eigenvalue weighted by Crippen LogP contribution is -2.54. The minimum absolute atomic E-state index is 0.0697. The van der Waals surface area contributed by atoms with Crippen molar-refractivity contribution in [1.29, 1.82) is 0 Å². The molecule has 0 radical (unpaired) electrons. The maximum Gasteiger partial charge on any atom is 0.320 e. The summed E-state index contributed by atoms with van der Waals surface area (Å²) in [5, 5.41) is 0. The van der Waals surface area contributed by atoms with Crippen LogP contribution in [0.2, 0.25) is 0 Å². The average Bonchev–Trinajstić information content (AvgIpc) is 3.09. The minimum atomic E-state index is -3.49. The van der Waals surface area contributed by atoms with Crippen molar-refractivity contribution in [3.63, 3.8) is 0 Å². The summed E-state index contributed by atoms with van der Waals surface area (Å²) < 4.78 is 56.3. The zero-order chi connectivity index (χ0) is 22.9. The van der Waals surface area contributed by atoms with E-state index in [9.17, 15) is 17.6 Å². The van der Waals surface area contributed by atoms with E-state index in [1.54, 1.807) is 41.0 Å². The monoisotopic (exact) mass is 463 g/mol. The first-order valence-corrected chi connectivity index (χ1v) is 12.5. The number of nitrogens with one attached hydrogen (secondary N) is 1. The Bertz CT molecular complexity index is 1110. The second kappa shape index (κ2) is 9.15. The van der Waals surface area contributed by atoms with Gasteiger partial charge in [-0.1, -0.05) is 30.3 Å². The van der Waals surface area contributed by atoms with Crippen molar-refractivity contribution in [3.05, 3.63) is 59.7 Å². The number of amides is 2. The molecule has 0 bridgehead atoms. The zero-order valence-corrected chi connectivity index (χ0v) is 18.7. The number of hydrogen-bond acceptors (Lipinski definition) is 3. The fraction of sp³-hybridized carbons (Fsp3) is 0.435. The maximum atomic E-state index is 15.5. The summed E-state index contributed by atoms with van der Waals surface area (Å²) in [4.78, 5) is 16.3. The Morgan fingerprint density at radius 1 is 1.12 bits per heavy atom. The summed E-state index contributed by atoms with van der Waals surface area (Å²) >= 11 is 0. The van der Waals surface area contributed by atoms with Gasteiger partial charge < -0.3 is 9.80 Å². The fourth-order valence-corrected chi connectivity index (χ4v) is 5.23. The van der Waals surface area contributed by atoms with Crippen LogP contribution in [0.15, 0.2) is 42.5 Å². The molecule has 0 saturated carbocycles. The van der Waals surface area contributed by atoms with Crippen LogP contribution in [-0.4, -0.2) is 61.7 Å². The van der Waals surface area contributed by atoms with Gasteiger partial charge in [-0.3, -0.25) is 0 Å². The van der Waals surface area contributed by atoms with E-state index in [2.05, 4.69) is 4.72 Å². The summed E-state index contributed by atoms with van der Waals surface area (Å²) in [6, 6.07) is 9.50. The summed E-state index contributed by atoms with van der Waals surface area (Å²) in [5.41, 5.74) is 1.06. The fourth-order valence-electron chi connectivity index (χ4n) is 4.33. The molecule has 0 aromatic heterocycles. The number of likely N-dealkylation sites (tertiary alicyclic amines) is 2. The standard InChI is InChI=1S/C23H27F2N3O3S/c1-2-32(30,31)26-20-10-13-28(23(29)27-11-5-12-27)21(20)15-17-7-4-9-19(22(17)25)16-6-3-8-18(24)14-16/h3-4,6-9,14,20-21,26H,2,5,10-13,15H2,1H3/t20-,21-/m0/s1. The first kappa shape index (κ1) is 22.7. The Kier molecular flexibility index (Phi) is 6.48. The molecule has 2 heterocycles. The smallest absolute Gasteiger partial charge is 0.320 e. The third-order valence-electron chi connectivity index (χ3n) is 6.27. The second-order valence-electron chi connectivity index (χ2n) is 8.29. The van der Waals surface area contributed by atoms with E-state index in [4.69, 9.17) is 0 Å². The molecule has 4 rings (SSSR count). The van der Waals surface area contributed by atoms with Gasteiger partial charge in [0.05, 0.1) is 11.8 Å². The van der Waals surface area contributed by atoms with Gasteiger partial charge in [-0.2, -0.15) is 0 Å². The summed E-state index contributed by atoms with van der Waals surface area (Å²) in [7, 11) is -3.49. The van der Waals surface area contributed by atoms with Crippen LogP contribution >= 0.6 is 0 Å². The zero-order valence-electron chi connectivity index (χ0n) is 17.9. The molecule has 2 amide bonds. The van der Waals surface area contributed by atoms with Crippen molar-refractivity contribution in [2.45, 2.75) is 38.3 Å². The highest BCUT2D eigenvalue weighted by molar-refractivity contribution is 7.89. The van der Waals surface area contributed by atoms with Crippen molar-refractivity contribution < 1.29 is 22.0 Å². The topological polar surface area (TPSA) is 69.7 Å². The number of benzene rings is 2. The molecule has 0 aliphatic carbocycles. The molecule has 2 aliphatic rings. The van der Waals surface area contributed by atoms with E-state index < -0.39 is 33.7 Å². The highest BCUT2D eigenvalue weighted by Gasteiger charge is 2.41. The SMILES string of the molecule is CCS(=O)(=O)N[C@H]1CCN(C(=O)N2CCC2)[C@H]1Cc1cccc(-c2cccc(F)c2)c1F. The maximum absolute atomic E-state index is 15.5. The molecule has 2 saturated heterocycles. The molecule has 0 spiro atoms. The highest BCUT2D eigenvalue weighted by Crippen LogP contribution is 2.30. The van der Waals surface area contributed by atoms with E-state index in [0.29, 0.717) is 37.2 Å². The number of urea groups is 1. The quantitative estimate of drug-likeness (QED) is 0.714. The number of nitrogens with zero attached hydrogens (tertiary/aromatic N) is 2. The molecule has 0 unspecified atom stereocenters. The van der Waals surface area contributed by atoms with Crippen molar-refractivity contribution in [1.82, 2.24) is 14.5 Å².